The van der Waals surface area contributed by atoms with Crippen LogP contribution in [0.1, 0.15) is 56.7 Å². The first-order chi connectivity index (χ1) is 14.8. The number of hydrogen-bond donors (Lipinski definition) is 0. The van der Waals surface area contributed by atoms with Gasteiger partial charge in [0.1, 0.15) is 12.4 Å². The third-order valence-corrected chi connectivity index (χ3v) is 7.37. The fourth-order valence-electron chi connectivity index (χ4n) is 5.19. The molecule has 2 aromatic rings. The minimum absolute atomic E-state index is 0.129. The summed E-state index contributed by atoms with van der Waals surface area (Å²) in [5.74, 6) is 1.76. The molecule has 0 N–H and O–H groups in total. The quantitative estimate of drug-likeness (QED) is 0.423. The van der Waals surface area contributed by atoms with Gasteiger partial charge in [-0.1, -0.05) is 74.3 Å². The van der Waals surface area contributed by atoms with Crippen LogP contribution in [0.4, 0.5) is 0 Å². The van der Waals surface area contributed by atoms with Gasteiger partial charge in [0, 0.05) is 27.6 Å². The number of rotatable bonds is 5. The molecule has 0 amide bonds. The van der Waals surface area contributed by atoms with Crippen LogP contribution in [0.15, 0.2) is 73.1 Å². The number of hydrogen-bond acceptors (Lipinski definition) is 2. The van der Waals surface area contributed by atoms with Crippen LogP contribution < -0.4 is 0 Å². The fourth-order valence-corrected chi connectivity index (χ4v) is 5.52. The molecule has 0 aromatic heterocycles. The molecule has 2 aromatic carbocycles. The van der Waals surface area contributed by atoms with E-state index in [4.69, 9.17) is 27.9 Å². The van der Waals surface area contributed by atoms with Gasteiger partial charge in [0.2, 0.25) is 0 Å². The molecule has 2 heterocycles. The van der Waals surface area contributed by atoms with Crippen LogP contribution in [-0.2, 0) is 4.74 Å². The molecule has 2 aliphatic rings. The second-order valence-corrected chi connectivity index (χ2v) is 10.4. The molecule has 4 heteroatoms. The van der Waals surface area contributed by atoms with Gasteiger partial charge in [-0.05, 0) is 54.2 Å². The molecule has 2 unspecified atom stereocenters. The predicted molar refractivity (Wildman–Crippen MR) is 130 cm³/mol. The summed E-state index contributed by atoms with van der Waals surface area (Å²) in [4.78, 5) is 2.55. The van der Waals surface area contributed by atoms with Crippen molar-refractivity contribution in [1.29, 1.82) is 0 Å². The van der Waals surface area contributed by atoms with Crippen molar-refractivity contribution in [1.82, 2.24) is 4.90 Å². The Morgan fingerprint density at radius 2 is 1.87 bits per heavy atom. The van der Waals surface area contributed by atoms with Crippen molar-refractivity contribution in [3.63, 3.8) is 0 Å². The van der Waals surface area contributed by atoms with Crippen molar-refractivity contribution < 1.29 is 4.74 Å². The molecule has 0 fully saturated rings. The summed E-state index contributed by atoms with van der Waals surface area (Å²) in [6, 6.07) is 17.1. The number of ether oxygens (including phenoxy) is 1. The Kier molecular flexibility index (Phi) is 6.42. The van der Waals surface area contributed by atoms with Gasteiger partial charge in [-0.3, -0.25) is 0 Å². The first-order valence-corrected chi connectivity index (χ1v) is 11.8. The molecule has 4 atom stereocenters. The lowest BCUT2D eigenvalue weighted by molar-refractivity contribution is 0.0295. The van der Waals surface area contributed by atoms with Gasteiger partial charge in [0.25, 0.3) is 0 Å². The molecule has 0 saturated carbocycles. The molecule has 0 saturated heterocycles. The molecule has 2 bridgehead atoms. The topological polar surface area (TPSA) is 12.5 Å². The summed E-state index contributed by atoms with van der Waals surface area (Å²) in [5, 5.41) is 1.53. The molecule has 164 valence electrons. The van der Waals surface area contributed by atoms with Crippen molar-refractivity contribution in [2.24, 2.45) is 11.3 Å². The molecule has 0 radical (unpaired) electrons. The maximum atomic E-state index is 6.46. The van der Waals surface area contributed by atoms with Crippen molar-refractivity contribution >= 4 is 23.2 Å². The molecule has 0 spiro atoms. The van der Waals surface area contributed by atoms with Gasteiger partial charge in [-0.2, -0.15) is 0 Å². The van der Waals surface area contributed by atoms with Gasteiger partial charge in [0.05, 0.1) is 12.1 Å². The first-order valence-electron chi connectivity index (χ1n) is 11.1. The third kappa shape index (κ3) is 4.38. The maximum absolute atomic E-state index is 6.46. The molecule has 2 aliphatic heterocycles. The molecule has 2 nitrogen and oxygen atoms in total. The Bertz CT molecular complexity index is 967. The smallest absolute Gasteiger partial charge is 0.118 e. The Hall–Kier alpha value is -1.90. The Morgan fingerprint density at radius 3 is 2.52 bits per heavy atom. The standard InChI is InChI=1S/C27H31Cl2NO/c1-5-13-27(4)15-23(20-7-6-8-22(29)14-20)26(19-9-11-21(28)12-10-19)30-16-25(27)31-17-24(30)18(2)3/h5-12,14,16,18,23-24,26H,1,13,15,17H2,2-4H3/t23-,24?,26?,27+/m1/s1. The second-order valence-electron chi connectivity index (χ2n) is 9.48. The summed E-state index contributed by atoms with van der Waals surface area (Å²) in [6.45, 7) is 11.6. The van der Waals surface area contributed by atoms with Crippen molar-refractivity contribution in [2.45, 2.75) is 51.6 Å². The zero-order valence-electron chi connectivity index (χ0n) is 18.5. The first kappa shape index (κ1) is 22.3. The number of halogens is 2. The molecule has 31 heavy (non-hydrogen) atoms. The van der Waals surface area contributed by atoms with E-state index in [0.717, 1.165) is 28.6 Å². The second kappa shape index (κ2) is 8.92. The van der Waals surface area contributed by atoms with Crippen LogP contribution in [0.3, 0.4) is 0 Å². The fraction of sp³-hybridized carbons (Fsp3) is 0.407. The Labute approximate surface area is 196 Å². The lowest BCUT2D eigenvalue weighted by Crippen LogP contribution is -2.44. The van der Waals surface area contributed by atoms with Crippen LogP contribution in [0.25, 0.3) is 0 Å². The van der Waals surface area contributed by atoms with Crippen molar-refractivity contribution in [3.8, 4) is 0 Å². The van der Waals surface area contributed by atoms with Gasteiger partial charge in [-0.15, -0.1) is 6.58 Å². The van der Waals surface area contributed by atoms with E-state index < -0.39 is 0 Å². The molecule has 0 aliphatic carbocycles. The number of benzene rings is 2. The van der Waals surface area contributed by atoms with Crippen molar-refractivity contribution in [3.05, 3.63) is 94.3 Å². The van der Waals surface area contributed by atoms with Crippen LogP contribution in [0.5, 0.6) is 0 Å². The van der Waals surface area contributed by atoms with E-state index in [0.29, 0.717) is 12.5 Å². The number of nitrogens with zero attached hydrogens (tertiary/aromatic N) is 1. The molecular weight excluding hydrogens is 425 g/mol. The highest BCUT2D eigenvalue weighted by atomic mass is 35.5. The number of allylic oxidation sites excluding steroid dienone is 2. The van der Waals surface area contributed by atoms with E-state index in [-0.39, 0.29) is 23.4 Å². The average molecular weight is 456 g/mol. The van der Waals surface area contributed by atoms with Gasteiger partial charge < -0.3 is 9.64 Å². The summed E-state index contributed by atoms with van der Waals surface area (Å²) in [5.41, 5.74) is 2.39. The highest BCUT2D eigenvalue weighted by molar-refractivity contribution is 6.30. The molecular formula is C27H31Cl2NO. The van der Waals surface area contributed by atoms with Crippen molar-refractivity contribution in [2.75, 3.05) is 6.61 Å². The van der Waals surface area contributed by atoms with E-state index in [1.54, 1.807) is 0 Å². The van der Waals surface area contributed by atoms with E-state index in [1.165, 1.54) is 11.1 Å². The zero-order chi connectivity index (χ0) is 22.2. The summed E-state index contributed by atoms with van der Waals surface area (Å²) in [6.07, 6.45) is 6.10. The Morgan fingerprint density at radius 1 is 1.13 bits per heavy atom. The monoisotopic (exact) mass is 455 g/mol. The summed E-state index contributed by atoms with van der Waals surface area (Å²) in [7, 11) is 0. The van der Waals surface area contributed by atoms with E-state index in [1.807, 2.05) is 24.3 Å². The van der Waals surface area contributed by atoms with E-state index >= 15 is 0 Å². The van der Waals surface area contributed by atoms with E-state index in [2.05, 4.69) is 68.8 Å². The predicted octanol–water partition coefficient (Wildman–Crippen LogP) is 8.00. The maximum Gasteiger partial charge on any atom is 0.118 e. The van der Waals surface area contributed by atoms with Crippen LogP contribution in [0, 0.1) is 11.3 Å². The summed E-state index contributed by atoms with van der Waals surface area (Å²) < 4.78 is 6.41. The lowest BCUT2D eigenvalue weighted by Gasteiger charge is -2.44. The minimum Gasteiger partial charge on any atom is -0.494 e. The van der Waals surface area contributed by atoms with Gasteiger partial charge in [0.15, 0.2) is 0 Å². The lowest BCUT2D eigenvalue weighted by atomic mass is 9.72. The van der Waals surface area contributed by atoms with E-state index in [9.17, 15) is 0 Å². The minimum atomic E-state index is -0.129. The Balaban J connectivity index is 1.92. The highest BCUT2D eigenvalue weighted by Gasteiger charge is 2.46. The highest BCUT2D eigenvalue weighted by Crippen LogP contribution is 2.53. The largest absolute Gasteiger partial charge is 0.494 e. The van der Waals surface area contributed by atoms with Crippen LogP contribution >= 0.6 is 23.2 Å². The van der Waals surface area contributed by atoms with Crippen LogP contribution in [-0.4, -0.2) is 17.5 Å². The zero-order valence-corrected chi connectivity index (χ0v) is 20.0. The number of fused-ring (bicyclic) bond motifs is 1. The van der Waals surface area contributed by atoms with Crippen LogP contribution in [0.2, 0.25) is 10.0 Å². The molecule has 4 rings (SSSR count). The SMILES string of the molecule is C=CC[C@@]1(C)C[C@H](c2cccc(Cl)c2)C(c2ccc(Cl)cc2)N2C=C1OCC2C(C)C. The average Bonchev–Trinajstić information content (AvgIpc) is 2.83. The van der Waals surface area contributed by atoms with Gasteiger partial charge >= 0.3 is 0 Å². The third-order valence-electron chi connectivity index (χ3n) is 6.88. The summed E-state index contributed by atoms with van der Waals surface area (Å²) >= 11 is 12.7. The normalized spacial score (nSPS) is 28.0. The van der Waals surface area contributed by atoms with Gasteiger partial charge in [-0.25, -0.2) is 0 Å².